The Hall–Kier alpha value is -2.00. The first kappa shape index (κ1) is 14.4. The third kappa shape index (κ3) is 2.37. The number of carbonyl (C=O) groups is 4. The van der Waals surface area contributed by atoms with E-state index in [9.17, 15) is 19.2 Å². The first-order chi connectivity index (χ1) is 9.63. The van der Waals surface area contributed by atoms with E-state index in [4.69, 9.17) is 14.2 Å². The van der Waals surface area contributed by atoms with E-state index < -0.39 is 36.6 Å². The molecule has 2 rings (SSSR count). The van der Waals surface area contributed by atoms with Crippen molar-refractivity contribution in [3.63, 3.8) is 0 Å². The van der Waals surface area contributed by atoms with E-state index in [1.807, 2.05) is 0 Å². The van der Waals surface area contributed by atoms with Crippen molar-refractivity contribution in [2.45, 2.75) is 37.6 Å². The number of ether oxygens (including phenoxy) is 4. The minimum atomic E-state index is -0.917. The Bertz CT molecular complexity index is 411. The molecule has 2 saturated heterocycles. The molecule has 2 heterocycles. The number of imide groups is 1. The average Bonchev–Trinajstić information content (AvgIpc) is 2.96. The van der Waals surface area contributed by atoms with Crippen LogP contribution in [0.3, 0.4) is 0 Å². The fourth-order valence-electron chi connectivity index (χ4n) is 2.46. The van der Waals surface area contributed by atoms with Crippen LogP contribution in [0.4, 0.5) is 0 Å². The second-order valence-electron chi connectivity index (χ2n) is 4.29. The Kier molecular flexibility index (Phi) is 4.30. The van der Waals surface area contributed by atoms with Crippen molar-refractivity contribution >= 4 is 25.3 Å². The molecule has 2 aliphatic heterocycles. The summed E-state index contributed by atoms with van der Waals surface area (Å²) in [6.45, 7) is 1.60. The molecular weight excluding hydrogens is 274 g/mol. The van der Waals surface area contributed by atoms with Gasteiger partial charge in [0.25, 0.3) is 12.9 Å². The van der Waals surface area contributed by atoms with Gasteiger partial charge < -0.3 is 18.9 Å². The van der Waals surface area contributed by atoms with Gasteiger partial charge in [-0.2, -0.15) is 0 Å². The Labute approximate surface area is 113 Å². The van der Waals surface area contributed by atoms with Crippen molar-refractivity contribution in [1.29, 1.82) is 0 Å². The molecule has 2 bridgehead atoms. The first-order valence-electron chi connectivity index (χ1n) is 5.83. The summed E-state index contributed by atoms with van der Waals surface area (Å²) in [7, 11) is 0. The van der Waals surface area contributed by atoms with Crippen molar-refractivity contribution in [2.24, 2.45) is 0 Å². The lowest BCUT2D eigenvalue weighted by atomic mass is 10.00. The summed E-state index contributed by atoms with van der Waals surface area (Å²) in [4.78, 5) is 44.0. The minimum Gasteiger partial charge on any atom is -0.465 e. The van der Waals surface area contributed by atoms with Gasteiger partial charge in [0, 0.05) is 6.92 Å². The summed E-state index contributed by atoms with van der Waals surface area (Å²) < 4.78 is 20.4. The maximum atomic E-state index is 11.4. The maximum absolute atomic E-state index is 11.4. The molecule has 0 aromatic heterocycles. The number of rotatable bonds is 7. The minimum absolute atomic E-state index is 0.0722. The molecule has 0 N–H and O–H groups in total. The zero-order valence-corrected chi connectivity index (χ0v) is 10.5. The quantitative estimate of drug-likeness (QED) is 0.504. The third-order valence-electron chi connectivity index (χ3n) is 3.25. The second-order valence-corrected chi connectivity index (χ2v) is 4.29. The van der Waals surface area contributed by atoms with Gasteiger partial charge >= 0.3 is 0 Å². The lowest BCUT2D eigenvalue weighted by Gasteiger charge is -2.34. The number of nitrogens with zero attached hydrogens (tertiary/aromatic N) is 1. The Morgan fingerprint density at radius 3 is 2.55 bits per heavy atom. The van der Waals surface area contributed by atoms with E-state index in [1.54, 1.807) is 0 Å². The van der Waals surface area contributed by atoms with E-state index in [1.165, 1.54) is 6.92 Å². The highest BCUT2D eigenvalue weighted by Crippen LogP contribution is 2.38. The molecular formula is C11H13NO8. The third-order valence-corrected chi connectivity index (χ3v) is 3.25. The van der Waals surface area contributed by atoms with Gasteiger partial charge in [-0.25, -0.2) is 0 Å². The largest absolute Gasteiger partial charge is 0.465 e. The van der Waals surface area contributed by atoms with Gasteiger partial charge in [0.05, 0.1) is 0 Å². The summed E-state index contributed by atoms with van der Waals surface area (Å²) in [5.74, 6) is -0.523. The molecule has 5 unspecified atom stereocenters. The van der Waals surface area contributed by atoms with E-state index in [0.29, 0.717) is 6.41 Å². The second kappa shape index (κ2) is 5.97. The van der Waals surface area contributed by atoms with Crippen molar-refractivity contribution in [1.82, 2.24) is 4.90 Å². The monoisotopic (exact) mass is 287 g/mol. The van der Waals surface area contributed by atoms with Crippen LogP contribution in [0.2, 0.25) is 0 Å². The topological polar surface area (TPSA) is 108 Å². The Balaban J connectivity index is 2.16. The summed E-state index contributed by atoms with van der Waals surface area (Å²) in [6, 6.07) is -0.854. The molecule has 2 amide bonds. The zero-order valence-electron chi connectivity index (χ0n) is 10.5. The standard InChI is InChI=1S/C11H13NO8/c1-6(16)12(3-13)8-10(18-5-15)9-7(2-17-4-14)19-11(8)20-9/h3-5,7-11H,2H2,1H3. The summed E-state index contributed by atoms with van der Waals surface area (Å²) in [6.07, 6.45) is -2.78. The van der Waals surface area contributed by atoms with Crippen LogP contribution in [0.25, 0.3) is 0 Å². The van der Waals surface area contributed by atoms with Crippen LogP contribution < -0.4 is 0 Å². The summed E-state index contributed by atoms with van der Waals surface area (Å²) >= 11 is 0. The van der Waals surface area contributed by atoms with Gasteiger partial charge in [-0.15, -0.1) is 0 Å². The van der Waals surface area contributed by atoms with Crippen LogP contribution in [-0.4, -0.2) is 67.4 Å². The first-order valence-corrected chi connectivity index (χ1v) is 5.83. The molecule has 0 saturated carbocycles. The lowest BCUT2D eigenvalue weighted by Crippen LogP contribution is -2.56. The molecule has 0 radical (unpaired) electrons. The predicted molar refractivity (Wildman–Crippen MR) is 58.9 cm³/mol. The highest BCUT2D eigenvalue weighted by Gasteiger charge is 2.59. The molecule has 0 aromatic carbocycles. The Morgan fingerprint density at radius 2 is 2.00 bits per heavy atom. The number of carbonyl (C=O) groups excluding carboxylic acids is 4. The number of amides is 2. The van der Waals surface area contributed by atoms with Crippen LogP contribution in [0.5, 0.6) is 0 Å². The van der Waals surface area contributed by atoms with Crippen LogP contribution in [0.1, 0.15) is 6.92 Å². The average molecular weight is 287 g/mol. The van der Waals surface area contributed by atoms with Crippen molar-refractivity contribution in [3.05, 3.63) is 0 Å². The van der Waals surface area contributed by atoms with Crippen LogP contribution in [0, 0.1) is 0 Å². The highest BCUT2D eigenvalue weighted by molar-refractivity contribution is 5.84. The van der Waals surface area contributed by atoms with E-state index in [-0.39, 0.29) is 19.6 Å². The smallest absolute Gasteiger partial charge is 0.293 e. The Morgan fingerprint density at radius 1 is 1.25 bits per heavy atom. The molecule has 5 atom stereocenters. The number of hydrogen-bond acceptors (Lipinski definition) is 8. The fourth-order valence-corrected chi connectivity index (χ4v) is 2.46. The molecule has 20 heavy (non-hydrogen) atoms. The normalized spacial score (nSPS) is 34.4. The molecule has 9 heteroatoms. The molecule has 0 aromatic rings. The molecule has 9 nitrogen and oxygen atoms in total. The molecule has 0 spiro atoms. The number of fused-ring (bicyclic) bond motifs is 2. The highest BCUT2D eigenvalue weighted by atomic mass is 16.8. The van der Waals surface area contributed by atoms with Gasteiger partial charge in [-0.1, -0.05) is 0 Å². The summed E-state index contributed by atoms with van der Waals surface area (Å²) in [5, 5.41) is 0. The zero-order chi connectivity index (χ0) is 14.7. The molecule has 2 aliphatic rings. The maximum Gasteiger partial charge on any atom is 0.293 e. The van der Waals surface area contributed by atoms with Gasteiger partial charge in [-0.05, 0) is 0 Å². The number of hydrogen-bond donors (Lipinski definition) is 0. The van der Waals surface area contributed by atoms with E-state index in [0.717, 1.165) is 4.90 Å². The van der Waals surface area contributed by atoms with Gasteiger partial charge in [-0.3, -0.25) is 24.1 Å². The predicted octanol–water partition coefficient (Wildman–Crippen LogP) is -1.80. The molecule has 110 valence electrons. The molecule has 0 aliphatic carbocycles. The fraction of sp³-hybridized carbons (Fsp3) is 0.636. The SMILES string of the molecule is CC(=O)N(C=O)C1C2OC(COC=O)C(O2)C1OC=O. The van der Waals surface area contributed by atoms with Crippen molar-refractivity contribution in [3.8, 4) is 0 Å². The van der Waals surface area contributed by atoms with E-state index in [2.05, 4.69) is 4.74 Å². The van der Waals surface area contributed by atoms with Gasteiger partial charge in [0.15, 0.2) is 12.4 Å². The van der Waals surface area contributed by atoms with Crippen LogP contribution >= 0.6 is 0 Å². The van der Waals surface area contributed by atoms with Gasteiger partial charge in [0.2, 0.25) is 12.3 Å². The van der Waals surface area contributed by atoms with Gasteiger partial charge in [0.1, 0.15) is 24.9 Å². The molecule has 2 fully saturated rings. The van der Waals surface area contributed by atoms with Crippen molar-refractivity contribution < 1.29 is 38.1 Å². The summed E-state index contributed by atoms with van der Waals surface area (Å²) in [5.41, 5.74) is 0. The lowest BCUT2D eigenvalue weighted by molar-refractivity contribution is -0.166. The van der Waals surface area contributed by atoms with Crippen LogP contribution in [0.15, 0.2) is 0 Å². The van der Waals surface area contributed by atoms with Crippen LogP contribution in [-0.2, 0) is 38.1 Å². The van der Waals surface area contributed by atoms with E-state index >= 15 is 0 Å². The van der Waals surface area contributed by atoms with Crippen molar-refractivity contribution in [2.75, 3.05) is 6.61 Å².